The zero-order chi connectivity index (χ0) is 27.8. The van der Waals surface area contributed by atoms with Gasteiger partial charge in [0, 0.05) is 5.56 Å². The summed E-state index contributed by atoms with van der Waals surface area (Å²) in [5, 5.41) is 11.9. The highest BCUT2D eigenvalue weighted by Gasteiger charge is 2.48. The largest absolute Gasteiger partial charge is 0.507 e. The quantitative estimate of drug-likeness (QED) is 0.174. The standard InChI is InChI=1S/C30H28N2O6S/c1-6-38-22-12-8-18(15-23(22)37-5)26-25(27(33)19-9-11-21(36-4)17(3)14-19)28(34)29(35)32(26)30-31-20-10-7-16(2)13-24(20)39-30/h7-15,26,33H,6H2,1-5H3/b27-25+. The van der Waals surface area contributed by atoms with E-state index in [0.717, 1.165) is 21.3 Å². The van der Waals surface area contributed by atoms with Gasteiger partial charge < -0.3 is 19.3 Å². The minimum Gasteiger partial charge on any atom is -0.507 e. The molecule has 1 amide bonds. The highest BCUT2D eigenvalue weighted by Crippen LogP contribution is 2.46. The Hall–Kier alpha value is -4.37. The Kier molecular flexibility index (Phi) is 7.01. The number of hydrogen-bond donors (Lipinski definition) is 1. The Labute approximate surface area is 230 Å². The summed E-state index contributed by atoms with van der Waals surface area (Å²) in [6, 6.07) is 15.2. The van der Waals surface area contributed by atoms with Crippen molar-refractivity contribution in [2.75, 3.05) is 25.7 Å². The van der Waals surface area contributed by atoms with E-state index in [1.807, 2.05) is 39.0 Å². The third-order valence-corrected chi connectivity index (χ3v) is 7.67. The minimum atomic E-state index is -0.946. The van der Waals surface area contributed by atoms with Crippen LogP contribution in [0.1, 0.15) is 35.2 Å². The summed E-state index contributed by atoms with van der Waals surface area (Å²) in [4.78, 5) is 33.2. The molecule has 2 heterocycles. The van der Waals surface area contributed by atoms with Crippen LogP contribution >= 0.6 is 11.3 Å². The van der Waals surface area contributed by atoms with Gasteiger partial charge in [-0.15, -0.1) is 0 Å². The molecule has 5 rings (SSSR count). The van der Waals surface area contributed by atoms with E-state index in [1.54, 1.807) is 43.5 Å². The number of carbonyl (C=O) groups excluding carboxylic acids is 2. The van der Waals surface area contributed by atoms with Crippen molar-refractivity contribution in [2.45, 2.75) is 26.8 Å². The number of aromatic nitrogens is 1. The fourth-order valence-corrected chi connectivity index (χ4v) is 5.87. The molecule has 200 valence electrons. The van der Waals surface area contributed by atoms with Crippen molar-refractivity contribution in [1.29, 1.82) is 0 Å². The minimum absolute atomic E-state index is 0.0359. The molecule has 0 bridgehead atoms. The van der Waals surface area contributed by atoms with E-state index >= 15 is 0 Å². The Bertz CT molecular complexity index is 1640. The third-order valence-electron chi connectivity index (χ3n) is 6.65. The molecule has 1 aromatic heterocycles. The smallest absolute Gasteiger partial charge is 0.301 e. The summed E-state index contributed by atoms with van der Waals surface area (Å²) in [5.74, 6) is -0.229. The van der Waals surface area contributed by atoms with Gasteiger partial charge in [-0.05, 0) is 79.9 Å². The van der Waals surface area contributed by atoms with Crippen molar-refractivity contribution in [2.24, 2.45) is 0 Å². The van der Waals surface area contributed by atoms with Crippen molar-refractivity contribution < 1.29 is 28.9 Å². The number of hydrogen-bond acceptors (Lipinski definition) is 8. The van der Waals surface area contributed by atoms with Gasteiger partial charge in [0.25, 0.3) is 5.78 Å². The van der Waals surface area contributed by atoms with Crippen molar-refractivity contribution in [3.05, 3.63) is 82.4 Å². The Morgan fingerprint density at radius 3 is 2.41 bits per heavy atom. The summed E-state index contributed by atoms with van der Waals surface area (Å²) >= 11 is 1.32. The molecular weight excluding hydrogens is 516 g/mol. The molecule has 0 saturated carbocycles. The van der Waals surface area contributed by atoms with Crippen molar-refractivity contribution in [1.82, 2.24) is 4.98 Å². The lowest BCUT2D eigenvalue weighted by atomic mass is 9.94. The molecule has 8 nitrogen and oxygen atoms in total. The maximum atomic E-state index is 13.6. The SMILES string of the molecule is CCOc1ccc(C2/C(=C(\O)c3ccc(OC)c(C)c3)C(=O)C(=O)N2c2nc3ccc(C)cc3s2)cc1OC. The first kappa shape index (κ1) is 26.2. The first-order valence-corrected chi connectivity index (χ1v) is 13.2. The number of benzene rings is 3. The predicted molar refractivity (Wildman–Crippen MR) is 151 cm³/mol. The molecule has 1 unspecified atom stereocenters. The van der Waals surface area contributed by atoms with Gasteiger partial charge in [0.1, 0.15) is 11.5 Å². The molecule has 1 aliphatic rings. The molecule has 3 aromatic carbocycles. The molecule has 1 aliphatic heterocycles. The van der Waals surface area contributed by atoms with Crippen LogP contribution in [0.3, 0.4) is 0 Å². The van der Waals surface area contributed by atoms with Gasteiger partial charge in [-0.2, -0.15) is 0 Å². The van der Waals surface area contributed by atoms with Crippen LogP contribution < -0.4 is 19.1 Å². The van der Waals surface area contributed by atoms with Gasteiger partial charge in [-0.25, -0.2) is 4.98 Å². The van der Waals surface area contributed by atoms with Crippen LogP contribution in [0.2, 0.25) is 0 Å². The number of ketones is 1. The van der Waals surface area contributed by atoms with Gasteiger partial charge >= 0.3 is 5.91 Å². The number of amides is 1. The summed E-state index contributed by atoms with van der Waals surface area (Å²) in [6.07, 6.45) is 0. The Balaban J connectivity index is 1.73. The lowest BCUT2D eigenvalue weighted by Gasteiger charge is -2.24. The maximum Gasteiger partial charge on any atom is 0.301 e. The first-order chi connectivity index (χ1) is 18.8. The maximum absolute atomic E-state index is 13.6. The van der Waals surface area contributed by atoms with Crippen LogP contribution in [0.5, 0.6) is 17.2 Å². The van der Waals surface area contributed by atoms with Crippen LogP contribution in [-0.4, -0.2) is 42.6 Å². The van der Waals surface area contributed by atoms with Gasteiger partial charge in [-0.3, -0.25) is 14.5 Å². The Morgan fingerprint density at radius 2 is 1.72 bits per heavy atom. The predicted octanol–water partition coefficient (Wildman–Crippen LogP) is 5.96. The summed E-state index contributed by atoms with van der Waals surface area (Å²) < 4.78 is 17.5. The fraction of sp³-hybridized carbons (Fsp3) is 0.233. The lowest BCUT2D eigenvalue weighted by Crippen LogP contribution is -2.29. The number of aliphatic hydroxyl groups excluding tert-OH is 1. The third kappa shape index (κ3) is 4.59. The molecule has 1 atom stereocenters. The second-order valence-corrected chi connectivity index (χ2v) is 10.2. The number of rotatable bonds is 7. The van der Waals surface area contributed by atoms with Gasteiger partial charge in [0.15, 0.2) is 16.6 Å². The Morgan fingerprint density at radius 1 is 0.974 bits per heavy atom. The summed E-state index contributed by atoms with van der Waals surface area (Å²) in [7, 11) is 3.08. The molecule has 0 radical (unpaired) electrons. The number of thiazole rings is 1. The number of aryl methyl sites for hydroxylation is 2. The van der Waals surface area contributed by atoms with E-state index in [9.17, 15) is 14.7 Å². The first-order valence-electron chi connectivity index (χ1n) is 12.4. The monoisotopic (exact) mass is 544 g/mol. The topological polar surface area (TPSA) is 98.2 Å². The molecule has 1 N–H and O–H groups in total. The number of nitrogens with zero attached hydrogens (tertiary/aromatic N) is 2. The highest BCUT2D eigenvalue weighted by atomic mass is 32.1. The number of fused-ring (bicyclic) bond motifs is 1. The normalized spacial score (nSPS) is 16.6. The highest BCUT2D eigenvalue weighted by molar-refractivity contribution is 7.22. The van der Waals surface area contributed by atoms with E-state index in [-0.39, 0.29) is 11.3 Å². The average Bonchev–Trinajstić information content (AvgIpc) is 3.46. The fourth-order valence-electron chi connectivity index (χ4n) is 4.78. The van der Waals surface area contributed by atoms with Crippen LogP contribution in [0.4, 0.5) is 5.13 Å². The van der Waals surface area contributed by atoms with Gasteiger partial charge in [0.2, 0.25) is 0 Å². The molecule has 0 aliphatic carbocycles. The van der Waals surface area contributed by atoms with E-state index < -0.39 is 17.7 Å². The van der Waals surface area contributed by atoms with E-state index in [4.69, 9.17) is 14.2 Å². The molecule has 9 heteroatoms. The average molecular weight is 545 g/mol. The molecule has 1 fully saturated rings. The molecular formula is C30H28N2O6S. The number of anilines is 1. The van der Waals surface area contributed by atoms with Crippen molar-refractivity contribution in [3.8, 4) is 17.2 Å². The van der Waals surface area contributed by atoms with Crippen LogP contribution in [0.25, 0.3) is 16.0 Å². The van der Waals surface area contributed by atoms with Crippen LogP contribution in [0.15, 0.2) is 60.2 Å². The van der Waals surface area contributed by atoms with Crippen molar-refractivity contribution >= 4 is 44.1 Å². The van der Waals surface area contributed by atoms with E-state index in [1.165, 1.54) is 23.3 Å². The zero-order valence-electron chi connectivity index (χ0n) is 22.3. The summed E-state index contributed by atoms with van der Waals surface area (Å²) in [5.41, 5.74) is 3.48. The summed E-state index contributed by atoms with van der Waals surface area (Å²) in [6.45, 7) is 6.13. The van der Waals surface area contributed by atoms with E-state index in [2.05, 4.69) is 4.98 Å². The molecule has 1 saturated heterocycles. The van der Waals surface area contributed by atoms with Crippen LogP contribution in [0, 0.1) is 13.8 Å². The second kappa shape index (κ2) is 10.4. The molecule has 4 aromatic rings. The lowest BCUT2D eigenvalue weighted by molar-refractivity contribution is -0.132. The zero-order valence-corrected chi connectivity index (χ0v) is 23.1. The van der Waals surface area contributed by atoms with Gasteiger partial charge in [0.05, 0.1) is 42.7 Å². The molecule has 0 spiro atoms. The number of carbonyl (C=O) groups is 2. The number of ether oxygens (including phenoxy) is 3. The van der Waals surface area contributed by atoms with E-state index in [0.29, 0.717) is 40.1 Å². The number of aliphatic hydroxyl groups is 1. The van der Waals surface area contributed by atoms with Crippen molar-refractivity contribution in [3.63, 3.8) is 0 Å². The van der Waals surface area contributed by atoms with Crippen LogP contribution in [-0.2, 0) is 9.59 Å². The second-order valence-electron chi connectivity index (χ2n) is 9.16. The van der Waals surface area contributed by atoms with Gasteiger partial charge in [-0.1, -0.05) is 23.5 Å². The number of methoxy groups -OCH3 is 2. The number of Topliss-reactive ketones (excluding diaryl/α,β-unsaturated/α-hetero) is 1. The molecule has 39 heavy (non-hydrogen) atoms.